The summed E-state index contributed by atoms with van der Waals surface area (Å²) in [6.07, 6.45) is 1.92. The molecule has 0 aromatic heterocycles. The topological polar surface area (TPSA) is 73.2 Å². The van der Waals surface area contributed by atoms with E-state index < -0.39 is 29.3 Å². The van der Waals surface area contributed by atoms with Crippen LogP contribution in [0.25, 0.3) is 0 Å². The lowest BCUT2D eigenvalue weighted by Gasteiger charge is -2.37. The summed E-state index contributed by atoms with van der Waals surface area (Å²) in [5.74, 6) is -3.98. The smallest absolute Gasteiger partial charge is 0.225 e. The summed E-state index contributed by atoms with van der Waals surface area (Å²) in [6, 6.07) is 5.96. The van der Waals surface area contributed by atoms with E-state index in [1.54, 1.807) is 17.0 Å². The van der Waals surface area contributed by atoms with Crippen LogP contribution in [0.4, 0.5) is 13.2 Å². The van der Waals surface area contributed by atoms with E-state index in [0.717, 1.165) is 31.5 Å². The predicted molar refractivity (Wildman–Crippen MR) is 114 cm³/mol. The molecule has 2 aromatic rings. The minimum absolute atomic E-state index is 0.0704. The first-order valence-corrected chi connectivity index (χ1v) is 11.1. The lowest BCUT2D eigenvalue weighted by Crippen LogP contribution is -2.47. The van der Waals surface area contributed by atoms with Crippen molar-refractivity contribution in [2.24, 2.45) is 5.92 Å². The highest BCUT2D eigenvalue weighted by Crippen LogP contribution is 2.29. The van der Waals surface area contributed by atoms with Crippen LogP contribution in [0.1, 0.15) is 31.2 Å². The molecule has 2 fully saturated rings. The maximum Gasteiger partial charge on any atom is 0.225 e. The van der Waals surface area contributed by atoms with Crippen LogP contribution in [-0.4, -0.2) is 58.2 Å². The third-order valence-corrected chi connectivity index (χ3v) is 6.38. The van der Waals surface area contributed by atoms with Gasteiger partial charge in [0.05, 0.1) is 0 Å². The van der Waals surface area contributed by atoms with Gasteiger partial charge in [-0.15, -0.1) is 0 Å². The van der Waals surface area contributed by atoms with Gasteiger partial charge >= 0.3 is 0 Å². The summed E-state index contributed by atoms with van der Waals surface area (Å²) in [5.41, 5.74) is 0.895. The lowest BCUT2D eigenvalue weighted by molar-refractivity contribution is -0.139. The van der Waals surface area contributed by atoms with Crippen molar-refractivity contribution in [2.75, 3.05) is 26.2 Å². The number of hydrogen-bond acceptors (Lipinski definition) is 5. The van der Waals surface area contributed by atoms with Crippen molar-refractivity contribution in [3.05, 3.63) is 53.3 Å². The number of likely N-dealkylation sites (tertiary alicyclic amines) is 2. The Kier molecular flexibility index (Phi) is 6.97. The summed E-state index contributed by atoms with van der Waals surface area (Å²) in [7, 11) is 0. The molecule has 2 aliphatic heterocycles. The molecule has 0 bridgehead atoms. The Hall–Kier alpha value is -2.94. The average molecular weight is 464 g/mol. The van der Waals surface area contributed by atoms with E-state index in [0.29, 0.717) is 44.6 Å². The van der Waals surface area contributed by atoms with Crippen molar-refractivity contribution in [3.8, 4) is 17.2 Å². The summed E-state index contributed by atoms with van der Waals surface area (Å²) in [5, 5.41) is 19.1. The van der Waals surface area contributed by atoms with Crippen molar-refractivity contribution in [2.45, 2.75) is 38.3 Å². The van der Waals surface area contributed by atoms with Gasteiger partial charge in [0, 0.05) is 50.5 Å². The van der Waals surface area contributed by atoms with Gasteiger partial charge in [-0.1, -0.05) is 6.07 Å². The minimum atomic E-state index is -1.07. The average Bonchev–Trinajstić information content (AvgIpc) is 2.79. The second kappa shape index (κ2) is 9.91. The molecule has 0 aliphatic carbocycles. The molecule has 2 aromatic carbocycles. The van der Waals surface area contributed by atoms with Crippen molar-refractivity contribution in [3.63, 3.8) is 0 Å². The molecule has 0 atom stereocenters. The van der Waals surface area contributed by atoms with Gasteiger partial charge in [-0.05, 0) is 43.6 Å². The molecule has 178 valence electrons. The SMILES string of the molecule is O=C(C1CCN(Cc2ccc(O)c(O)c2)CC1)N1CCC(Oc2c(F)cc(F)cc2F)CC1. The first-order chi connectivity index (χ1) is 15.8. The van der Waals surface area contributed by atoms with Crippen LogP contribution < -0.4 is 4.74 Å². The number of ether oxygens (including phenoxy) is 1. The first-order valence-electron chi connectivity index (χ1n) is 11.1. The largest absolute Gasteiger partial charge is 0.504 e. The molecular weight excluding hydrogens is 437 g/mol. The molecule has 2 heterocycles. The molecular formula is C24H27F3N2O4. The summed E-state index contributed by atoms with van der Waals surface area (Å²) in [4.78, 5) is 17.0. The van der Waals surface area contributed by atoms with Crippen LogP contribution in [0.5, 0.6) is 17.2 Å². The zero-order valence-corrected chi connectivity index (χ0v) is 18.1. The lowest BCUT2D eigenvalue weighted by atomic mass is 9.93. The summed E-state index contributed by atoms with van der Waals surface area (Å²) >= 11 is 0. The van der Waals surface area contributed by atoms with Gasteiger partial charge in [0.2, 0.25) is 5.91 Å². The van der Waals surface area contributed by atoms with E-state index in [2.05, 4.69) is 4.90 Å². The normalized spacial score (nSPS) is 18.5. The second-order valence-electron chi connectivity index (χ2n) is 8.71. The number of halogens is 3. The molecule has 4 rings (SSSR count). The van der Waals surface area contributed by atoms with Gasteiger partial charge < -0.3 is 19.8 Å². The van der Waals surface area contributed by atoms with Gasteiger partial charge in [0.15, 0.2) is 28.9 Å². The number of benzene rings is 2. The van der Waals surface area contributed by atoms with E-state index in [1.807, 2.05) is 0 Å². The van der Waals surface area contributed by atoms with Crippen molar-refractivity contribution in [1.82, 2.24) is 9.80 Å². The van der Waals surface area contributed by atoms with E-state index >= 15 is 0 Å². The van der Waals surface area contributed by atoms with Crippen molar-refractivity contribution < 1.29 is 32.9 Å². The van der Waals surface area contributed by atoms with Gasteiger partial charge in [-0.3, -0.25) is 9.69 Å². The highest BCUT2D eigenvalue weighted by Gasteiger charge is 2.32. The second-order valence-corrected chi connectivity index (χ2v) is 8.71. The first kappa shape index (κ1) is 23.2. The number of carbonyl (C=O) groups is 1. The Morgan fingerprint density at radius 1 is 0.909 bits per heavy atom. The number of phenolic OH excluding ortho intramolecular Hbond substituents is 2. The van der Waals surface area contributed by atoms with E-state index in [1.165, 1.54) is 6.07 Å². The number of piperidine rings is 2. The molecule has 0 radical (unpaired) electrons. The van der Waals surface area contributed by atoms with Crippen LogP contribution in [0.3, 0.4) is 0 Å². The summed E-state index contributed by atoms with van der Waals surface area (Å²) in [6.45, 7) is 3.03. The molecule has 0 spiro atoms. The van der Waals surface area contributed by atoms with E-state index in [4.69, 9.17) is 4.74 Å². The van der Waals surface area contributed by atoms with E-state index in [-0.39, 0.29) is 23.3 Å². The molecule has 0 unspecified atom stereocenters. The number of aromatic hydroxyl groups is 2. The molecule has 1 amide bonds. The van der Waals surface area contributed by atoms with E-state index in [9.17, 15) is 28.2 Å². The standard InChI is InChI=1S/C24H27F3N2O4/c25-17-12-19(26)23(20(27)13-17)33-18-5-9-29(10-6-18)24(32)16-3-7-28(8-4-16)14-15-1-2-21(30)22(31)11-15/h1-2,11-13,16,18,30-31H,3-10,14H2. The third-order valence-electron chi connectivity index (χ3n) is 6.38. The molecule has 6 nitrogen and oxygen atoms in total. The monoisotopic (exact) mass is 464 g/mol. The molecule has 2 N–H and O–H groups in total. The van der Waals surface area contributed by atoms with Crippen LogP contribution in [0.2, 0.25) is 0 Å². The zero-order valence-electron chi connectivity index (χ0n) is 18.1. The van der Waals surface area contributed by atoms with Gasteiger partial charge in [0.1, 0.15) is 11.9 Å². The van der Waals surface area contributed by atoms with Gasteiger partial charge in [-0.2, -0.15) is 0 Å². The van der Waals surface area contributed by atoms with Crippen LogP contribution in [-0.2, 0) is 11.3 Å². The minimum Gasteiger partial charge on any atom is -0.504 e. The Labute approximate surface area is 190 Å². The number of phenols is 2. The van der Waals surface area contributed by atoms with Gasteiger partial charge in [-0.25, -0.2) is 13.2 Å². The van der Waals surface area contributed by atoms with Crippen molar-refractivity contribution >= 4 is 5.91 Å². The fraction of sp³-hybridized carbons (Fsp3) is 0.458. The van der Waals surface area contributed by atoms with Crippen LogP contribution in [0.15, 0.2) is 30.3 Å². The highest BCUT2D eigenvalue weighted by molar-refractivity contribution is 5.79. The number of hydrogen-bond donors (Lipinski definition) is 2. The number of amides is 1. The molecule has 33 heavy (non-hydrogen) atoms. The Bertz CT molecular complexity index is 980. The third kappa shape index (κ3) is 5.52. The van der Waals surface area contributed by atoms with Crippen LogP contribution in [0, 0.1) is 23.4 Å². The maximum atomic E-state index is 13.8. The highest BCUT2D eigenvalue weighted by atomic mass is 19.1. The Morgan fingerprint density at radius 3 is 2.15 bits per heavy atom. The number of nitrogens with zero attached hydrogens (tertiary/aromatic N) is 2. The zero-order chi connectivity index (χ0) is 23.5. The quantitative estimate of drug-likeness (QED) is 0.659. The van der Waals surface area contributed by atoms with Crippen molar-refractivity contribution in [1.29, 1.82) is 0 Å². The Morgan fingerprint density at radius 2 is 1.55 bits per heavy atom. The fourth-order valence-electron chi connectivity index (χ4n) is 4.52. The number of rotatable bonds is 5. The maximum absolute atomic E-state index is 13.8. The fourth-order valence-corrected chi connectivity index (χ4v) is 4.52. The predicted octanol–water partition coefficient (Wildman–Crippen LogP) is 3.80. The Balaban J connectivity index is 1.24. The molecule has 9 heteroatoms. The summed E-state index contributed by atoms with van der Waals surface area (Å²) < 4.78 is 46.2. The molecule has 2 aliphatic rings. The van der Waals surface area contributed by atoms with Crippen LogP contribution >= 0.6 is 0 Å². The molecule has 0 saturated carbocycles. The van der Waals surface area contributed by atoms with Gasteiger partial charge in [0.25, 0.3) is 0 Å². The molecule has 2 saturated heterocycles. The number of carbonyl (C=O) groups excluding carboxylic acids is 1.